The maximum absolute atomic E-state index is 13.9. The second kappa shape index (κ2) is 7.27. The average Bonchev–Trinajstić information content (AvgIpc) is 2.99. The molecule has 2 heterocycles. The van der Waals surface area contributed by atoms with E-state index in [1.807, 2.05) is 30.1 Å². The smallest absolute Gasteiger partial charge is 0.258 e. The van der Waals surface area contributed by atoms with E-state index >= 15 is 0 Å². The minimum atomic E-state index is -0.625. The molecule has 1 aromatic heterocycles. The highest BCUT2D eigenvalue weighted by atomic mass is 35.5. The molecule has 1 saturated heterocycles. The molecule has 5 nitrogen and oxygen atoms in total. The number of carbonyl (C=O) groups excluding carboxylic acids is 2. The van der Waals surface area contributed by atoms with E-state index in [4.69, 9.17) is 11.6 Å². The number of aromatic nitrogens is 1. The van der Waals surface area contributed by atoms with Gasteiger partial charge in [0.25, 0.3) is 5.91 Å². The Bertz CT molecular complexity index is 777. The summed E-state index contributed by atoms with van der Waals surface area (Å²) in [4.78, 5) is 28.1. The molecule has 1 aliphatic heterocycles. The third-order valence-corrected chi connectivity index (χ3v) is 4.66. The van der Waals surface area contributed by atoms with Crippen LogP contribution in [0, 0.1) is 5.82 Å². The van der Waals surface area contributed by atoms with Crippen LogP contribution in [0.3, 0.4) is 0 Å². The van der Waals surface area contributed by atoms with Gasteiger partial charge in [-0.15, -0.1) is 0 Å². The maximum atomic E-state index is 13.9. The summed E-state index contributed by atoms with van der Waals surface area (Å²) in [6, 6.07) is 6.10. The van der Waals surface area contributed by atoms with Gasteiger partial charge in [0.2, 0.25) is 5.91 Å². The molecule has 2 amide bonds. The molecular formula is C18H19ClFN3O2. The van der Waals surface area contributed by atoms with Crippen molar-refractivity contribution in [2.75, 3.05) is 26.2 Å². The predicted octanol–water partition coefficient (Wildman–Crippen LogP) is 2.34. The van der Waals surface area contributed by atoms with E-state index < -0.39 is 11.7 Å². The first-order valence-electron chi connectivity index (χ1n) is 8.07. The molecule has 1 aromatic carbocycles. The van der Waals surface area contributed by atoms with E-state index in [-0.39, 0.29) is 16.5 Å². The van der Waals surface area contributed by atoms with Gasteiger partial charge in [0.15, 0.2) is 0 Å². The lowest BCUT2D eigenvalue weighted by Gasteiger charge is -2.35. The second-order valence-electron chi connectivity index (χ2n) is 6.13. The molecule has 0 spiro atoms. The lowest BCUT2D eigenvalue weighted by atomic mass is 10.1. The fourth-order valence-electron chi connectivity index (χ4n) is 2.97. The van der Waals surface area contributed by atoms with Crippen molar-refractivity contribution in [1.82, 2.24) is 14.4 Å². The quantitative estimate of drug-likeness (QED) is 0.840. The molecule has 2 aromatic rings. The summed E-state index contributed by atoms with van der Waals surface area (Å²) in [5.41, 5.74) is 0.859. The van der Waals surface area contributed by atoms with Gasteiger partial charge < -0.3 is 14.4 Å². The second-order valence-corrected chi connectivity index (χ2v) is 6.54. The van der Waals surface area contributed by atoms with Gasteiger partial charge in [-0.3, -0.25) is 9.59 Å². The maximum Gasteiger partial charge on any atom is 0.258 e. The highest BCUT2D eigenvalue weighted by Crippen LogP contribution is 2.21. The standard InChI is InChI=1S/C18H19ClFN3O2/c1-21-6-5-13(12-21)11-16(24)22-7-9-23(10-8-22)18(25)17-14(19)3-2-4-15(17)20/h2-6,12H,7-11H2,1H3. The Labute approximate surface area is 150 Å². The molecule has 1 aliphatic rings. The largest absolute Gasteiger partial charge is 0.357 e. The third kappa shape index (κ3) is 3.85. The number of nitrogens with zero attached hydrogens (tertiary/aromatic N) is 3. The summed E-state index contributed by atoms with van der Waals surface area (Å²) in [6.45, 7) is 1.60. The van der Waals surface area contributed by atoms with Crippen LogP contribution in [0.4, 0.5) is 4.39 Å². The zero-order chi connectivity index (χ0) is 18.0. The van der Waals surface area contributed by atoms with Crippen LogP contribution in [0.15, 0.2) is 36.7 Å². The number of carbonyl (C=O) groups is 2. The van der Waals surface area contributed by atoms with E-state index in [1.165, 1.54) is 23.1 Å². The number of benzene rings is 1. The van der Waals surface area contributed by atoms with Crippen molar-refractivity contribution < 1.29 is 14.0 Å². The average molecular weight is 364 g/mol. The lowest BCUT2D eigenvalue weighted by Crippen LogP contribution is -2.51. The van der Waals surface area contributed by atoms with Crippen LogP contribution in [-0.4, -0.2) is 52.4 Å². The van der Waals surface area contributed by atoms with Crippen molar-refractivity contribution in [1.29, 1.82) is 0 Å². The van der Waals surface area contributed by atoms with Crippen LogP contribution in [0.25, 0.3) is 0 Å². The van der Waals surface area contributed by atoms with Gasteiger partial charge in [-0.05, 0) is 23.8 Å². The Balaban J connectivity index is 1.60. The fourth-order valence-corrected chi connectivity index (χ4v) is 3.21. The van der Waals surface area contributed by atoms with Gasteiger partial charge in [-0.1, -0.05) is 17.7 Å². The van der Waals surface area contributed by atoms with Crippen molar-refractivity contribution in [2.45, 2.75) is 6.42 Å². The Morgan fingerprint density at radius 1 is 1.12 bits per heavy atom. The molecule has 25 heavy (non-hydrogen) atoms. The number of amides is 2. The van der Waals surface area contributed by atoms with Gasteiger partial charge in [-0.25, -0.2) is 4.39 Å². The number of rotatable bonds is 3. The van der Waals surface area contributed by atoms with Gasteiger partial charge in [0.05, 0.1) is 17.0 Å². The minimum absolute atomic E-state index is 0.0298. The summed E-state index contributed by atoms with van der Waals surface area (Å²) >= 11 is 5.96. The molecule has 132 valence electrons. The van der Waals surface area contributed by atoms with Crippen LogP contribution >= 0.6 is 11.6 Å². The van der Waals surface area contributed by atoms with Crippen LogP contribution in [-0.2, 0) is 18.3 Å². The molecule has 0 atom stereocenters. The van der Waals surface area contributed by atoms with E-state index in [0.717, 1.165) is 5.56 Å². The van der Waals surface area contributed by atoms with Gasteiger partial charge in [0, 0.05) is 45.6 Å². The SMILES string of the molecule is Cn1ccc(CC(=O)N2CCN(C(=O)c3c(F)cccc3Cl)CC2)c1. The van der Waals surface area contributed by atoms with Crippen molar-refractivity contribution in [3.63, 3.8) is 0 Å². The molecule has 0 N–H and O–H groups in total. The Morgan fingerprint density at radius 2 is 1.80 bits per heavy atom. The van der Waals surface area contributed by atoms with E-state index in [2.05, 4.69) is 0 Å². The van der Waals surface area contributed by atoms with Gasteiger partial charge in [-0.2, -0.15) is 0 Å². The first-order chi connectivity index (χ1) is 12.0. The summed E-state index contributed by atoms with van der Waals surface area (Å²) in [6.07, 6.45) is 4.16. The van der Waals surface area contributed by atoms with E-state index in [9.17, 15) is 14.0 Å². The number of hydrogen-bond donors (Lipinski definition) is 0. The lowest BCUT2D eigenvalue weighted by molar-refractivity contribution is -0.131. The summed E-state index contributed by atoms with van der Waals surface area (Å²) in [5.74, 6) is -1.03. The fraction of sp³-hybridized carbons (Fsp3) is 0.333. The van der Waals surface area contributed by atoms with Crippen LogP contribution < -0.4 is 0 Å². The number of halogens is 2. The summed E-state index contributed by atoms with van der Waals surface area (Å²) in [5, 5.41) is 0.104. The molecule has 0 radical (unpaired) electrons. The van der Waals surface area contributed by atoms with Gasteiger partial charge >= 0.3 is 0 Å². The van der Waals surface area contributed by atoms with Crippen molar-refractivity contribution >= 4 is 23.4 Å². The Morgan fingerprint density at radius 3 is 2.40 bits per heavy atom. The molecule has 7 heteroatoms. The molecule has 0 saturated carbocycles. The Kier molecular flexibility index (Phi) is 5.08. The van der Waals surface area contributed by atoms with Crippen LogP contribution in [0.1, 0.15) is 15.9 Å². The van der Waals surface area contributed by atoms with Gasteiger partial charge in [0.1, 0.15) is 5.82 Å². The van der Waals surface area contributed by atoms with Crippen LogP contribution in [0.2, 0.25) is 5.02 Å². The van der Waals surface area contributed by atoms with E-state index in [1.54, 1.807) is 4.90 Å². The number of aryl methyl sites for hydroxylation is 1. The Hall–Kier alpha value is -2.34. The zero-order valence-electron chi connectivity index (χ0n) is 13.9. The predicted molar refractivity (Wildman–Crippen MR) is 93.0 cm³/mol. The summed E-state index contributed by atoms with van der Waals surface area (Å²) in [7, 11) is 1.91. The minimum Gasteiger partial charge on any atom is -0.357 e. The molecule has 0 bridgehead atoms. The first kappa shape index (κ1) is 17.5. The third-order valence-electron chi connectivity index (χ3n) is 4.34. The van der Waals surface area contributed by atoms with Crippen molar-refractivity contribution in [3.05, 3.63) is 58.6 Å². The molecule has 1 fully saturated rings. The summed E-state index contributed by atoms with van der Waals surface area (Å²) < 4.78 is 15.8. The molecule has 0 aliphatic carbocycles. The number of piperazine rings is 1. The molecule has 0 unspecified atom stereocenters. The molecular weight excluding hydrogens is 345 g/mol. The normalized spacial score (nSPS) is 14.7. The van der Waals surface area contributed by atoms with Crippen molar-refractivity contribution in [3.8, 4) is 0 Å². The highest BCUT2D eigenvalue weighted by Gasteiger charge is 2.27. The van der Waals surface area contributed by atoms with E-state index in [0.29, 0.717) is 32.6 Å². The zero-order valence-corrected chi connectivity index (χ0v) is 14.7. The molecule has 3 rings (SSSR count). The first-order valence-corrected chi connectivity index (χ1v) is 8.45. The van der Waals surface area contributed by atoms with Crippen molar-refractivity contribution in [2.24, 2.45) is 7.05 Å². The topological polar surface area (TPSA) is 45.6 Å². The van der Waals surface area contributed by atoms with Crippen LogP contribution in [0.5, 0.6) is 0 Å². The monoisotopic (exact) mass is 363 g/mol. The highest BCUT2D eigenvalue weighted by molar-refractivity contribution is 6.33. The number of hydrogen-bond acceptors (Lipinski definition) is 2.